The van der Waals surface area contributed by atoms with Gasteiger partial charge < -0.3 is 14.0 Å². The minimum Gasteiger partial charge on any atom is -0.454 e. The fourth-order valence-electron chi connectivity index (χ4n) is 5.28. The first-order valence-corrected chi connectivity index (χ1v) is 10.1. The lowest BCUT2D eigenvalue weighted by Crippen LogP contribution is -2.44. The highest BCUT2D eigenvalue weighted by atomic mass is 16.7. The maximum absolute atomic E-state index is 5.84. The fourth-order valence-corrected chi connectivity index (χ4v) is 5.28. The summed E-state index contributed by atoms with van der Waals surface area (Å²) in [6.45, 7) is 0.291. The van der Waals surface area contributed by atoms with E-state index in [9.17, 15) is 0 Å². The zero-order valence-electron chi connectivity index (χ0n) is 16.2. The summed E-state index contributed by atoms with van der Waals surface area (Å²) in [5.41, 5.74) is 2.18. The van der Waals surface area contributed by atoms with Crippen LogP contribution in [0.5, 0.6) is 11.5 Å². The summed E-state index contributed by atoms with van der Waals surface area (Å²) in [5, 5.41) is 4.28. The van der Waals surface area contributed by atoms with Crippen molar-refractivity contribution in [3.63, 3.8) is 0 Å². The van der Waals surface area contributed by atoms with Gasteiger partial charge >= 0.3 is 0 Å². The van der Waals surface area contributed by atoms with Crippen LogP contribution >= 0.6 is 0 Å². The van der Waals surface area contributed by atoms with Gasteiger partial charge in [0.05, 0.1) is 5.92 Å². The third-order valence-corrected chi connectivity index (χ3v) is 6.76. The molecule has 29 heavy (non-hydrogen) atoms. The Kier molecular flexibility index (Phi) is 3.84. The van der Waals surface area contributed by atoms with Crippen molar-refractivity contribution >= 4 is 0 Å². The SMILES string of the molecule is CN1C2CC[C@@H]1[C@H](c1nc(-c3ccncc3)no1)[C@@H](c1ccc3c(c1)OCO3)C2. The summed E-state index contributed by atoms with van der Waals surface area (Å²) in [6.07, 6.45) is 6.93. The van der Waals surface area contributed by atoms with Gasteiger partial charge in [-0.15, -0.1) is 0 Å². The van der Waals surface area contributed by atoms with E-state index in [-0.39, 0.29) is 5.92 Å². The number of ether oxygens (including phenoxy) is 2. The monoisotopic (exact) mass is 390 g/mol. The van der Waals surface area contributed by atoms with Gasteiger partial charge in [-0.3, -0.25) is 9.88 Å². The third-order valence-electron chi connectivity index (χ3n) is 6.76. The first-order valence-electron chi connectivity index (χ1n) is 10.1. The molecular formula is C22H22N4O3. The number of aromatic nitrogens is 3. The molecule has 7 nitrogen and oxygen atoms in total. The van der Waals surface area contributed by atoms with E-state index in [1.165, 1.54) is 12.0 Å². The average Bonchev–Trinajstić information content (AvgIpc) is 3.47. The van der Waals surface area contributed by atoms with E-state index in [0.29, 0.717) is 30.6 Å². The Hall–Kier alpha value is -2.93. The highest BCUT2D eigenvalue weighted by Gasteiger charge is 2.49. The number of hydrogen-bond donors (Lipinski definition) is 0. The summed E-state index contributed by atoms with van der Waals surface area (Å²) in [7, 11) is 2.23. The van der Waals surface area contributed by atoms with Crippen molar-refractivity contribution in [3.8, 4) is 22.9 Å². The summed E-state index contributed by atoms with van der Waals surface area (Å²) in [6, 6.07) is 11.1. The van der Waals surface area contributed by atoms with E-state index >= 15 is 0 Å². The van der Waals surface area contributed by atoms with E-state index < -0.39 is 0 Å². The van der Waals surface area contributed by atoms with E-state index in [4.69, 9.17) is 19.0 Å². The molecule has 3 aromatic rings. The topological polar surface area (TPSA) is 73.5 Å². The van der Waals surface area contributed by atoms with Crippen molar-refractivity contribution in [2.24, 2.45) is 0 Å². The molecule has 2 saturated heterocycles. The summed E-state index contributed by atoms with van der Waals surface area (Å²) in [4.78, 5) is 11.4. The molecule has 0 radical (unpaired) electrons. The van der Waals surface area contributed by atoms with Crippen LogP contribution in [0.1, 0.15) is 42.6 Å². The Morgan fingerprint density at radius 3 is 2.79 bits per heavy atom. The van der Waals surface area contributed by atoms with Gasteiger partial charge in [-0.1, -0.05) is 11.2 Å². The van der Waals surface area contributed by atoms with Crippen LogP contribution < -0.4 is 9.47 Å². The zero-order chi connectivity index (χ0) is 19.4. The number of piperidine rings is 1. The molecule has 5 heterocycles. The summed E-state index contributed by atoms with van der Waals surface area (Å²) in [5.74, 6) is 3.45. The van der Waals surface area contributed by atoms with Crippen molar-refractivity contribution < 1.29 is 14.0 Å². The second-order valence-corrected chi connectivity index (χ2v) is 8.14. The van der Waals surface area contributed by atoms with Crippen LogP contribution in [0.25, 0.3) is 11.4 Å². The van der Waals surface area contributed by atoms with Gasteiger partial charge in [0.2, 0.25) is 18.5 Å². The highest BCUT2D eigenvalue weighted by Crippen LogP contribution is 2.51. The van der Waals surface area contributed by atoms with Crippen LogP contribution in [-0.4, -0.2) is 45.9 Å². The van der Waals surface area contributed by atoms with E-state index in [1.807, 2.05) is 18.2 Å². The number of fused-ring (bicyclic) bond motifs is 3. The van der Waals surface area contributed by atoms with Crippen molar-refractivity contribution in [3.05, 3.63) is 54.2 Å². The van der Waals surface area contributed by atoms with Gasteiger partial charge in [-0.2, -0.15) is 4.98 Å². The molecule has 6 rings (SSSR count). The Balaban J connectivity index is 1.40. The van der Waals surface area contributed by atoms with Crippen molar-refractivity contribution in [1.29, 1.82) is 0 Å². The molecule has 4 atom stereocenters. The number of benzene rings is 1. The van der Waals surface area contributed by atoms with Gasteiger partial charge in [0.15, 0.2) is 11.5 Å². The summed E-state index contributed by atoms with van der Waals surface area (Å²) < 4.78 is 17.0. The molecule has 0 amide bonds. The lowest BCUT2D eigenvalue weighted by molar-refractivity contribution is 0.119. The molecule has 3 aliphatic heterocycles. The smallest absolute Gasteiger partial charge is 0.232 e. The Labute approximate surface area is 168 Å². The lowest BCUT2D eigenvalue weighted by atomic mass is 9.76. The molecule has 2 bridgehead atoms. The molecule has 3 aliphatic rings. The van der Waals surface area contributed by atoms with Crippen LogP contribution in [0, 0.1) is 0 Å². The van der Waals surface area contributed by atoms with Crippen LogP contribution in [0.15, 0.2) is 47.2 Å². The zero-order valence-corrected chi connectivity index (χ0v) is 16.2. The normalized spacial score (nSPS) is 28.0. The Morgan fingerprint density at radius 2 is 1.90 bits per heavy atom. The average molecular weight is 390 g/mol. The minimum atomic E-state index is 0.155. The molecule has 1 unspecified atom stereocenters. The maximum atomic E-state index is 5.84. The lowest BCUT2D eigenvalue weighted by Gasteiger charge is -2.41. The van der Waals surface area contributed by atoms with E-state index in [1.54, 1.807) is 12.4 Å². The molecule has 1 aromatic carbocycles. The van der Waals surface area contributed by atoms with Crippen molar-refractivity contribution in [2.75, 3.05) is 13.8 Å². The number of hydrogen-bond acceptors (Lipinski definition) is 7. The first kappa shape index (κ1) is 17.0. The first-order chi connectivity index (χ1) is 14.3. The molecule has 148 valence electrons. The molecule has 0 aliphatic carbocycles. The van der Waals surface area contributed by atoms with Gasteiger partial charge in [0.1, 0.15) is 0 Å². The second kappa shape index (κ2) is 6.56. The van der Waals surface area contributed by atoms with Gasteiger partial charge in [0, 0.05) is 30.0 Å². The van der Waals surface area contributed by atoms with Crippen LogP contribution in [0.4, 0.5) is 0 Å². The molecule has 0 spiro atoms. The molecule has 0 N–H and O–H groups in total. The number of rotatable bonds is 3. The quantitative estimate of drug-likeness (QED) is 0.676. The van der Waals surface area contributed by atoms with E-state index in [2.05, 4.69) is 34.2 Å². The van der Waals surface area contributed by atoms with Crippen LogP contribution in [0.3, 0.4) is 0 Å². The van der Waals surface area contributed by atoms with Gasteiger partial charge in [0.25, 0.3) is 0 Å². The highest BCUT2D eigenvalue weighted by molar-refractivity contribution is 5.53. The molecular weight excluding hydrogens is 368 g/mol. The van der Waals surface area contributed by atoms with Crippen molar-refractivity contribution in [1.82, 2.24) is 20.0 Å². The summed E-state index contributed by atoms with van der Waals surface area (Å²) >= 11 is 0. The number of likely N-dealkylation sites (N-methyl/N-ethyl adjacent to an activating group) is 1. The number of pyridine rings is 1. The second-order valence-electron chi connectivity index (χ2n) is 8.14. The fraction of sp³-hybridized carbons (Fsp3) is 0.409. The largest absolute Gasteiger partial charge is 0.454 e. The number of nitrogens with zero attached hydrogens (tertiary/aromatic N) is 4. The molecule has 2 aromatic heterocycles. The molecule has 2 fully saturated rings. The van der Waals surface area contributed by atoms with E-state index in [0.717, 1.165) is 35.8 Å². The molecule has 7 heteroatoms. The standard InChI is InChI=1S/C22H22N4O3/c1-26-15-3-4-17(26)20(22-24-21(25-29-22)13-6-8-23-9-7-13)16(11-15)14-2-5-18-19(10-14)28-12-27-18/h2,5-10,15-17,20H,3-4,11-12H2,1H3/t15?,16-,17-,20-/m1/s1. The predicted molar refractivity (Wildman–Crippen MR) is 105 cm³/mol. The predicted octanol–water partition coefficient (Wildman–Crippen LogP) is 3.59. The minimum absolute atomic E-state index is 0.155. The third kappa shape index (κ3) is 2.72. The van der Waals surface area contributed by atoms with Gasteiger partial charge in [-0.05, 0) is 62.1 Å². The Morgan fingerprint density at radius 1 is 1.03 bits per heavy atom. The Bertz CT molecular complexity index is 1040. The van der Waals surface area contributed by atoms with Crippen molar-refractivity contribution in [2.45, 2.75) is 43.2 Å². The molecule has 0 saturated carbocycles. The van der Waals surface area contributed by atoms with Gasteiger partial charge in [-0.25, -0.2) is 0 Å². The van der Waals surface area contributed by atoms with Crippen LogP contribution in [0.2, 0.25) is 0 Å². The van der Waals surface area contributed by atoms with Crippen LogP contribution in [-0.2, 0) is 0 Å². The maximum Gasteiger partial charge on any atom is 0.232 e.